The number of ether oxygens (including phenoxy) is 1. The van der Waals surface area contributed by atoms with Crippen LogP contribution in [0, 0.1) is 11.7 Å². The standard InChI is InChI=1S/C22H30FN5O4/c1-13-11-28(12-14(2)32-13)18-5-4-16(10-17(18)23)24-21(31)27-8-6-15(7-9-27)22(3)19(29)25-20(30)26-22/h4-5,10,13-15H,6-9,11-12H2,1-3H3,(H,24,31)(H2,25,26,29,30)/t13-,14+,22-/m0/s1. The fraction of sp³-hybridized carbons (Fsp3) is 0.591. The van der Waals surface area contributed by atoms with Gasteiger partial charge in [-0.25, -0.2) is 14.0 Å². The average molecular weight is 448 g/mol. The first-order chi connectivity index (χ1) is 15.2. The second-order valence-corrected chi connectivity index (χ2v) is 9.13. The van der Waals surface area contributed by atoms with Crippen molar-refractivity contribution >= 4 is 29.3 Å². The van der Waals surface area contributed by atoms with Gasteiger partial charge >= 0.3 is 12.1 Å². The van der Waals surface area contributed by atoms with E-state index in [0.29, 0.717) is 50.4 Å². The van der Waals surface area contributed by atoms with Crippen LogP contribution in [0.4, 0.5) is 25.4 Å². The van der Waals surface area contributed by atoms with E-state index >= 15 is 0 Å². The molecule has 0 aromatic heterocycles. The summed E-state index contributed by atoms with van der Waals surface area (Å²) >= 11 is 0. The molecule has 0 saturated carbocycles. The highest BCUT2D eigenvalue weighted by molar-refractivity contribution is 6.07. The fourth-order valence-electron chi connectivity index (χ4n) is 4.92. The summed E-state index contributed by atoms with van der Waals surface area (Å²) in [4.78, 5) is 40.0. The lowest BCUT2D eigenvalue weighted by Gasteiger charge is -2.38. The Morgan fingerprint density at radius 2 is 1.84 bits per heavy atom. The number of urea groups is 2. The van der Waals surface area contributed by atoms with Crippen molar-refractivity contribution in [3.05, 3.63) is 24.0 Å². The van der Waals surface area contributed by atoms with Gasteiger partial charge in [-0.05, 0) is 57.7 Å². The molecular weight excluding hydrogens is 417 g/mol. The summed E-state index contributed by atoms with van der Waals surface area (Å²) in [5, 5.41) is 7.75. The molecule has 3 aliphatic rings. The molecule has 3 saturated heterocycles. The summed E-state index contributed by atoms with van der Waals surface area (Å²) in [5.41, 5.74) is -0.0642. The molecule has 3 N–H and O–H groups in total. The predicted molar refractivity (Wildman–Crippen MR) is 117 cm³/mol. The third kappa shape index (κ3) is 4.36. The van der Waals surface area contributed by atoms with Gasteiger partial charge in [0.1, 0.15) is 11.4 Å². The summed E-state index contributed by atoms with van der Waals surface area (Å²) in [6.07, 6.45) is 1.20. The van der Waals surface area contributed by atoms with Crippen LogP contribution in [0.15, 0.2) is 18.2 Å². The number of amides is 5. The van der Waals surface area contributed by atoms with Crippen molar-refractivity contribution in [1.29, 1.82) is 0 Å². The van der Waals surface area contributed by atoms with E-state index < -0.39 is 17.4 Å². The Hall–Kier alpha value is -2.88. The third-order valence-electron chi connectivity index (χ3n) is 6.63. The number of halogens is 1. The number of morpholine rings is 1. The van der Waals surface area contributed by atoms with Crippen LogP contribution >= 0.6 is 0 Å². The number of hydrogen-bond donors (Lipinski definition) is 3. The summed E-state index contributed by atoms with van der Waals surface area (Å²) in [6, 6.07) is 3.93. The predicted octanol–water partition coefficient (Wildman–Crippen LogP) is 2.28. The molecule has 32 heavy (non-hydrogen) atoms. The zero-order valence-electron chi connectivity index (χ0n) is 18.6. The van der Waals surface area contributed by atoms with Crippen LogP contribution < -0.4 is 20.9 Å². The topological polar surface area (TPSA) is 103 Å². The van der Waals surface area contributed by atoms with Gasteiger partial charge in [0.25, 0.3) is 5.91 Å². The van der Waals surface area contributed by atoms with E-state index in [9.17, 15) is 18.8 Å². The van der Waals surface area contributed by atoms with E-state index in [-0.39, 0.29) is 30.1 Å². The highest BCUT2D eigenvalue weighted by atomic mass is 19.1. The third-order valence-corrected chi connectivity index (χ3v) is 6.63. The van der Waals surface area contributed by atoms with E-state index in [1.807, 2.05) is 18.7 Å². The number of benzene rings is 1. The number of carbonyl (C=O) groups excluding carboxylic acids is 3. The van der Waals surface area contributed by atoms with E-state index in [1.165, 1.54) is 6.07 Å². The number of carbonyl (C=O) groups is 3. The lowest BCUT2D eigenvalue weighted by Crippen LogP contribution is -2.54. The number of nitrogens with one attached hydrogen (secondary N) is 3. The molecule has 1 aromatic rings. The van der Waals surface area contributed by atoms with Crippen molar-refractivity contribution in [2.75, 3.05) is 36.4 Å². The zero-order valence-corrected chi connectivity index (χ0v) is 18.6. The van der Waals surface area contributed by atoms with Crippen molar-refractivity contribution in [2.45, 2.75) is 51.4 Å². The van der Waals surface area contributed by atoms with Crippen LogP contribution in [-0.4, -0.2) is 66.8 Å². The first-order valence-electron chi connectivity index (χ1n) is 11.0. The van der Waals surface area contributed by atoms with Gasteiger partial charge in [0, 0.05) is 31.9 Å². The quantitative estimate of drug-likeness (QED) is 0.617. The molecule has 4 rings (SSSR count). The second kappa shape index (κ2) is 8.57. The molecule has 0 bridgehead atoms. The van der Waals surface area contributed by atoms with Gasteiger partial charge in [-0.3, -0.25) is 10.1 Å². The minimum atomic E-state index is -0.951. The monoisotopic (exact) mass is 447 g/mol. The normalized spacial score (nSPS) is 29.0. The zero-order chi connectivity index (χ0) is 23.0. The number of imide groups is 1. The van der Waals surface area contributed by atoms with Gasteiger partial charge in [-0.1, -0.05) is 0 Å². The molecule has 9 nitrogen and oxygen atoms in total. The molecule has 3 atom stereocenters. The maximum Gasteiger partial charge on any atom is 0.322 e. The fourth-order valence-corrected chi connectivity index (χ4v) is 4.92. The van der Waals surface area contributed by atoms with Crippen LogP contribution in [0.1, 0.15) is 33.6 Å². The molecule has 10 heteroatoms. The van der Waals surface area contributed by atoms with Gasteiger partial charge < -0.3 is 25.2 Å². The molecule has 5 amide bonds. The Morgan fingerprint density at radius 3 is 2.41 bits per heavy atom. The van der Waals surface area contributed by atoms with Gasteiger partial charge in [0.05, 0.1) is 17.9 Å². The molecule has 3 aliphatic heterocycles. The lowest BCUT2D eigenvalue weighted by molar-refractivity contribution is -0.125. The smallest absolute Gasteiger partial charge is 0.322 e. The van der Waals surface area contributed by atoms with Crippen molar-refractivity contribution in [2.24, 2.45) is 5.92 Å². The molecule has 174 valence electrons. The Bertz CT molecular complexity index is 910. The van der Waals surface area contributed by atoms with Gasteiger partial charge in [-0.15, -0.1) is 0 Å². The Morgan fingerprint density at radius 1 is 1.19 bits per heavy atom. The molecule has 3 fully saturated rings. The summed E-state index contributed by atoms with van der Waals surface area (Å²) in [7, 11) is 0. The molecule has 3 heterocycles. The van der Waals surface area contributed by atoms with Crippen molar-refractivity contribution in [3.8, 4) is 0 Å². The number of hydrogen-bond acceptors (Lipinski definition) is 5. The summed E-state index contributed by atoms with van der Waals surface area (Å²) < 4.78 is 20.5. The largest absolute Gasteiger partial charge is 0.372 e. The van der Waals surface area contributed by atoms with E-state index in [2.05, 4.69) is 16.0 Å². The highest BCUT2D eigenvalue weighted by Crippen LogP contribution is 2.31. The van der Waals surface area contributed by atoms with E-state index in [0.717, 1.165) is 0 Å². The number of nitrogens with zero attached hydrogens (tertiary/aromatic N) is 2. The summed E-state index contributed by atoms with van der Waals surface area (Å²) in [5.74, 6) is -0.781. The van der Waals surface area contributed by atoms with Gasteiger partial charge in [0.2, 0.25) is 0 Å². The first kappa shape index (κ1) is 22.3. The first-order valence-corrected chi connectivity index (χ1v) is 11.0. The maximum atomic E-state index is 14.8. The Labute approximate surface area is 186 Å². The Balaban J connectivity index is 1.34. The van der Waals surface area contributed by atoms with E-state index in [4.69, 9.17) is 4.74 Å². The van der Waals surface area contributed by atoms with Crippen LogP contribution in [-0.2, 0) is 9.53 Å². The molecule has 0 unspecified atom stereocenters. The van der Waals surface area contributed by atoms with Gasteiger partial charge in [-0.2, -0.15) is 0 Å². The van der Waals surface area contributed by atoms with Crippen molar-refractivity contribution < 1.29 is 23.5 Å². The number of rotatable bonds is 3. The second-order valence-electron chi connectivity index (χ2n) is 9.13. The van der Waals surface area contributed by atoms with Crippen molar-refractivity contribution in [3.63, 3.8) is 0 Å². The van der Waals surface area contributed by atoms with Crippen LogP contribution in [0.2, 0.25) is 0 Å². The molecule has 0 aliphatic carbocycles. The minimum Gasteiger partial charge on any atom is -0.372 e. The lowest BCUT2D eigenvalue weighted by atomic mass is 9.79. The Kier molecular flexibility index (Phi) is 5.98. The minimum absolute atomic E-state index is 0.0198. The van der Waals surface area contributed by atoms with E-state index in [1.54, 1.807) is 24.0 Å². The summed E-state index contributed by atoms with van der Waals surface area (Å²) in [6.45, 7) is 7.75. The number of anilines is 2. The number of likely N-dealkylation sites (tertiary alicyclic amines) is 1. The van der Waals surface area contributed by atoms with Crippen LogP contribution in [0.5, 0.6) is 0 Å². The molecule has 0 spiro atoms. The number of piperidine rings is 1. The average Bonchev–Trinajstić information content (AvgIpc) is 2.99. The van der Waals surface area contributed by atoms with Crippen LogP contribution in [0.25, 0.3) is 0 Å². The van der Waals surface area contributed by atoms with Gasteiger partial charge in [0.15, 0.2) is 0 Å². The molecular formula is C22H30FN5O4. The van der Waals surface area contributed by atoms with Crippen LogP contribution in [0.3, 0.4) is 0 Å². The van der Waals surface area contributed by atoms with Crippen molar-refractivity contribution in [1.82, 2.24) is 15.5 Å². The maximum absolute atomic E-state index is 14.8. The molecule has 0 radical (unpaired) electrons. The SMILES string of the molecule is C[C@@H]1CN(c2ccc(NC(=O)N3CCC([C@]4(C)NC(=O)NC4=O)CC3)cc2F)C[C@H](C)O1. The highest BCUT2D eigenvalue weighted by Gasteiger charge is 2.48. The molecule has 1 aromatic carbocycles.